The minimum atomic E-state index is -1.37. The van der Waals surface area contributed by atoms with Crippen LogP contribution >= 0.6 is 0 Å². The molecular weight excluding hydrogens is 384 g/mol. The molecule has 0 atom stereocenters. The Morgan fingerprint density at radius 1 is 1.13 bits per heavy atom. The number of carboxylic acids is 1. The summed E-state index contributed by atoms with van der Waals surface area (Å²) in [6, 6.07) is 12.7. The molecule has 1 aliphatic rings. The molecule has 0 unspecified atom stereocenters. The van der Waals surface area contributed by atoms with Gasteiger partial charge in [-0.05, 0) is 42.5 Å². The lowest BCUT2D eigenvalue weighted by Crippen LogP contribution is -2.12. The summed E-state index contributed by atoms with van der Waals surface area (Å²) in [5.74, 6) is -2.28. The second-order valence-corrected chi connectivity index (χ2v) is 6.63. The largest absolute Gasteiger partial charge is 0.477 e. The molecule has 0 saturated heterocycles. The molecule has 30 heavy (non-hydrogen) atoms. The van der Waals surface area contributed by atoms with E-state index in [-0.39, 0.29) is 11.6 Å². The van der Waals surface area contributed by atoms with Crippen molar-refractivity contribution in [3.63, 3.8) is 0 Å². The predicted octanol–water partition coefficient (Wildman–Crippen LogP) is 3.46. The highest BCUT2D eigenvalue weighted by atomic mass is 16.5. The quantitative estimate of drug-likeness (QED) is 0.356. The number of aliphatic carboxylic acids is 1. The van der Waals surface area contributed by atoms with Gasteiger partial charge in [-0.1, -0.05) is 6.07 Å². The number of benzene rings is 1. The highest BCUT2D eigenvalue weighted by molar-refractivity contribution is 6.26. The number of nitrogens with one attached hydrogen (secondary N) is 2. The smallest absolute Gasteiger partial charge is 0.345 e. The number of ether oxygens (including phenoxy) is 1. The van der Waals surface area contributed by atoms with Crippen molar-refractivity contribution in [1.82, 2.24) is 15.0 Å². The lowest BCUT2D eigenvalue weighted by atomic mass is 10.1. The fraction of sp³-hybridized carbons (Fsp3) is 0. The molecule has 5 rings (SSSR count). The van der Waals surface area contributed by atoms with Gasteiger partial charge >= 0.3 is 5.97 Å². The van der Waals surface area contributed by atoms with Crippen LogP contribution in [0.5, 0.6) is 0 Å². The maximum atomic E-state index is 12.7. The Morgan fingerprint density at radius 3 is 2.83 bits per heavy atom. The van der Waals surface area contributed by atoms with Crippen LogP contribution in [0, 0.1) is 0 Å². The summed E-state index contributed by atoms with van der Waals surface area (Å²) in [7, 11) is 0. The lowest BCUT2D eigenvalue weighted by Gasteiger charge is -2.09. The average Bonchev–Trinajstić information content (AvgIpc) is 3.29. The van der Waals surface area contributed by atoms with Crippen molar-refractivity contribution in [2.75, 3.05) is 5.32 Å². The number of aromatic amines is 1. The van der Waals surface area contributed by atoms with Crippen LogP contribution in [0.1, 0.15) is 5.56 Å². The first kappa shape index (κ1) is 17.6. The number of fused-ring (bicyclic) bond motifs is 2. The Labute approximate surface area is 169 Å². The summed E-state index contributed by atoms with van der Waals surface area (Å²) in [6.45, 7) is 0. The Bertz CT molecular complexity index is 1400. The third-order valence-electron chi connectivity index (χ3n) is 4.73. The number of nitrogens with zero attached hydrogens (tertiary/aromatic N) is 2. The topological polar surface area (TPSA) is 117 Å². The zero-order valence-electron chi connectivity index (χ0n) is 15.4. The number of pyridine rings is 2. The second kappa shape index (κ2) is 6.85. The van der Waals surface area contributed by atoms with E-state index in [4.69, 9.17) is 4.74 Å². The zero-order valence-corrected chi connectivity index (χ0v) is 15.4. The molecule has 4 aromatic rings. The van der Waals surface area contributed by atoms with Crippen molar-refractivity contribution in [2.24, 2.45) is 0 Å². The van der Waals surface area contributed by atoms with E-state index in [1.807, 2.05) is 12.1 Å². The minimum Gasteiger partial charge on any atom is -0.477 e. The normalized spacial score (nSPS) is 15.2. The van der Waals surface area contributed by atoms with E-state index in [0.29, 0.717) is 16.9 Å². The van der Waals surface area contributed by atoms with Gasteiger partial charge < -0.3 is 20.1 Å². The van der Waals surface area contributed by atoms with E-state index in [2.05, 4.69) is 20.3 Å². The maximum absolute atomic E-state index is 12.7. The van der Waals surface area contributed by atoms with Crippen molar-refractivity contribution in [1.29, 1.82) is 0 Å². The Kier molecular flexibility index (Phi) is 4.03. The molecule has 146 valence electrons. The van der Waals surface area contributed by atoms with Gasteiger partial charge in [0.25, 0.3) is 0 Å². The van der Waals surface area contributed by atoms with E-state index >= 15 is 0 Å². The fourth-order valence-electron chi connectivity index (χ4n) is 3.33. The zero-order chi connectivity index (χ0) is 20.7. The Hall–Kier alpha value is -4.46. The highest BCUT2D eigenvalue weighted by Gasteiger charge is 2.36. The Balaban J connectivity index is 1.50. The number of Topliss-reactive ketones (excluding diaryl/α,β-unsaturated/α-hetero) is 1. The number of carbonyl (C=O) groups excluding carboxylic acids is 1. The molecule has 0 radical (unpaired) electrons. The molecule has 0 bridgehead atoms. The number of aromatic nitrogens is 3. The number of anilines is 1. The predicted molar refractivity (Wildman–Crippen MR) is 110 cm³/mol. The van der Waals surface area contributed by atoms with Gasteiger partial charge in [0.05, 0.1) is 5.52 Å². The molecule has 0 spiro atoms. The molecule has 8 heteroatoms. The molecule has 3 N–H and O–H groups in total. The number of hydrogen-bond acceptors (Lipinski definition) is 6. The van der Waals surface area contributed by atoms with Gasteiger partial charge in [0.15, 0.2) is 11.3 Å². The van der Waals surface area contributed by atoms with Crippen LogP contribution in [0.4, 0.5) is 5.69 Å². The van der Waals surface area contributed by atoms with Gasteiger partial charge in [0.1, 0.15) is 5.65 Å². The van der Waals surface area contributed by atoms with Crippen molar-refractivity contribution in [3.05, 3.63) is 83.8 Å². The maximum Gasteiger partial charge on any atom is 0.345 e. The van der Waals surface area contributed by atoms with Crippen molar-refractivity contribution >= 4 is 45.5 Å². The first-order valence-electron chi connectivity index (χ1n) is 9.06. The molecule has 3 aromatic heterocycles. The molecule has 8 nitrogen and oxygen atoms in total. The second-order valence-electron chi connectivity index (χ2n) is 6.63. The summed E-state index contributed by atoms with van der Waals surface area (Å²) >= 11 is 0. The molecule has 0 aliphatic carbocycles. The summed E-state index contributed by atoms with van der Waals surface area (Å²) in [4.78, 5) is 35.9. The molecule has 0 saturated carbocycles. The van der Waals surface area contributed by atoms with E-state index < -0.39 is 17.3 Å². The van der Waals surface area contributed by atoms with Gasteiger partial charge in [-0.3, -0.25) is 9.78 Å². The first-order chi connectivity index (χ1) is 14.6. The van der Waals surface area contributed by atoms with Crippen LogP contribution < -0.4 is 5.32 Å². The number of carboxylic acid groups (broad SMARTS) is 1. The van der Waals surface area contributed by atoms with Crippen LogP contribution in [-0.4, -0.2) is 31.8 Å². The summed E-state index contributed by atoms with van der Waals surface area (Å²) in [6.07, 6.45) is 6.53. The highest BCUT2D eigenvalue weighted by Crippen LogP contribution is 2.30. The average molecular weight is 398 g/mol. The molecule has 1 aliphatic heterocycles. The van der Waals surface area contributed by atoms with E-state index in [1.165, 1.54) is 6.08 Å². The van der Waals surface area contributed by atoms with E-state index in [1.54, 1.807) is 48.9 Å². The van der Waals surface area contributed by atoms with E-state index in [9.17, 15) is 14.7 Å². The van der Waals surface area contributed by atoms with Gasteiger partial charge in [0.2, 0.25) is 11.7 Å². The monoisotopic (exact) mass is 398 g/mol. The third kappa shape index (κ3) is 2.96. The van der Waals surface area contributed by atoms with E-state index in [0.717, 1.165) is 16.3 Å². The van der Waals surface area contributed by atoms with Crippen LogP contribution in [0.3, 0.4) is 0 Å². The van der Waals surface area contributed by atoms with Crippen LogP contribution in [-0.2, 0) is 14.3 Å². The number of carbonyl (C=O) groups is 2. The van der Waals surface area contributed by atoms with Gasteiger partial charge in [-0.15, -0.1) is 0 Å². The summed E-state index contributed by atoms with van der Waals surface area (Å²) in [5.41, 5.74) is 2.25. The van der Waals surface area contributed by atoms with Gasteiger partial charge in [0, 0.05) is 40.6 Å². The molecule has 0 fully saturated rings. The number of H-pyrrole nitrogens is 1. The number of ketones is 1. The molecular formula is C22H14N4O4. The van der Waals surface area contributed by atoms with Crippen LogP contribution in [0.2, 0.25) is 0 Å². The fourth-order valence-corrected chi connectivity index (χ4v) is 3.33. The standard InChI is InChI=1S/C22H14N4O4/c27-19-17(10-13-11-25-20-15(13)4-2-8-24-20)30-21(18(19)22(28)29)26-14-5-6-16-12(9-14)3-1-7-23-16/h1-11,26H,(H,24,25)(H,28,29)/b17-10-. The number of rotatable bonds is 4. The van der Waals surface area contributed by atoms with Gasteiger partial charge in [-0.25, -0.2) is 9.78 Å². The summed E-state index contributed by atoms with van der Waals surface area (Å²) in [5, 5.41) is 14.1. The van der Waals surface area contributed by atoms with Gasteiger partial charge in [-0.2, -0.15) is 0 Å². The number of hydrogen-bond donors (Lipinski definition) is 3. The summed E-state index contributed by atoms with van der Waals surface area (Å²) < 4.78 is 5.64. The lowest BCUT2D eigenvalue weighted by molar-refractivity contribution is -0.134. The Morgan fingerprint density at radius 2 is 1.97 bits per heavy atom. The van der Waals surface area contributed by atoms with Crippen molar-refractivity contribution in [2.45, 2.75) is 0 Å². The molecule has 0 amide bonds. The SMILES string of the molecule is O=C(O)C1=C(Nc2ccc3ncccc3c2)O/C(=C\c2c[nH]c3ncccc23)C1=O. The first-order valence-corrected chi connectivity index (χ1v) is 9.06. The third-order valence-corrected chi connectivity index (χ3v) is 4.73. The molecule has 4 heterocycles. The minimum absolute atomic E-state index is 0.0814. The number of allylic oxidation sites excluding steroid dienone is 1. The van der Waals surface area contributed by atoms with Crippen molar-refractivity contribution in [3.8, 4) is 0 Å². The van der Waals surface area contributed by atoms with Crippen LogP contribution in [0.25, 0.3) is 28.0 Å². The van der Waals surface area contributed by atoms with Crippen LogP contribution in [0.15, 0.2) is 78.3 Å². The van der Waals surface area contributed by atoms with Crippen molar-refractivity contribution < 1.29 is 19.4 Å². The molecule has 1 aromatic carbocycles.